The summed E-state index contributed by atoms with van der Waals surface area (Å²) in [7, 11) is 0. The first kappa shape index (κ1) is 16.5. The average Bonchev–Trinajstić information content (AvgIpc) is 2.71. The van der Waals surface area contributed by atoms with Crippen LogP contribution in [0.1, 0.15) is 79.1 Å². The first-order valence-electron chi connectivity index (χ1n) is 8.23. The minimum atomic E-state index is 0.0506. The second-order valence-corrected chi connectivity index (χ2v) is 5.88. The van der Waals surface area contributed by atoms with Crippen molar-refractivity contribution in [3.8, 4) is 0 Å². The van der Waals surface area contributed by atoms with E-state index in [2.05, 4.69) is 37.9 Å². The van der Waals surface area contributed by atoms with Gasteiger partial charge in [-0.15, -0.1) is 0 Å². The molecule has 3 unspecified atom stereocenters. The smallest absolute Gasteiger partial charge is 0.241 e. The summed E-state index contributed by atoms with van der Waals surface area (Å²) in [4.78, 5) is 14.5. The Morgan fingerprint density at radius 3 is 2.47 bits per heavy atom. The first-order chi connectivity index (χ1) is 9.15. The zero-order valence-electron chi connectivity index (χ0n) is 13.2. The molecule has 1 aliphatic rings. The van der Waals surface area contributed by atoms with Crippen molar-refractivity contribution in [2.75, 3.05) is 0 Å². The van der Waals surface area contributed by atoms with Crippen LogP contribution in [0.15, 0.2) is 0 Å². The van der Waals surface area contributed by atoms with E-state index in [9.17, 15) is 4.79 Å². The minimum Gasteiger partial charge on any atom is -0.323 e. The SMILES string of the molecule is CCCCCCC(C)N1C(=O)C(CC)NC1CCC. The van der Waals surface area contributed by atoms with E-state index in [4.69, 9.17) is 0 Å². The summed E-state index contributed by atoms with van der Waals surface area (Å²) in [6, 6.07) is 0.430. The number of unbranched alkanes of at least 4 members (excludes halogenated alkanes) is 3. The third-order valence-corrected chi connectivity index (χ3v) is 4.20. The molecule has 112 valence electrons. The average molecular weight is 268 g/mol. The summed E-state index contributed by atoms with van der Waals surface area (Å²) < 4.78 is 0. The van der Waals surface area contributed by atoms with Gasteiger partial charge < -0.3 is 4.90 Å². The van der Waals surface area contributed by atoms with Gasteiger partial charge in [0.25, 0.3) is 0 Å². The first-order valence-corrected chi connectivity index (χ1v) is 8.23. The van der Waals surface area contributed by atoms with E-state index in [1.54, 1.807) is 0 Å². The van der Waals surface area contributed by atoms with E-state index in [-0.39, 0.29) is 12.2 Å². The van der Waals surface area contributed by atoms with Gasteiger partial charge in [-0.1, -0.05) is 52.9 Å². The Morgan fingerprint density at radius 1 is 1.16 bits per heavy atom. The van der Waals surface area contributed by atoms with Gasteiger partial charge in [-0.2, -0.15) is 0 Å². The van der Waals surface area contributed by atoms with Gasteiger partial charge in [-0.25, -0.2) is 0 Å². The number of amides is 1. The fraction of sp³-hybridized carbons (Fsp3) is 0.938. The lowest BCUT2D eigenvalue weighted by atomic mass is 10.1. The second kappa shape index (κ2) is 8.57. The number of rotatable bonds is 9. The highest BCUT2D eigenvalue weighted by atomic mass is 16.2. The summed E-state index contributed by atoms with van der Waals surface area (Å²) in [5, 5.41) is 3.50. The fourth-order valence-corrected chi connectivity index (χ4v) is 3.04. The molecule has 1 aliphatic heterocycles. The Bertz CT molecular complexity index is 267. The second-order valence-electron chi connectivity index (χ2n) is 5.88. The fourth-order valence-electron chi connectivity index (χ4n) is 3.04. The van der Waals surface area contributed by atoms with Crippen LogP contribution in [0.25, 0.3) is 0 Å². The van der Waals surface area contributed by atoms with Crippen LogP contribution in [-0.2, 0) is 4.79 Å². The number of carbonyl (C=O) groups excluding carboxylic acids is 1. The van der Waals surface area contributed by atoms with Crippen LogP contribution in [0.3, 0.4) is 0 Å². The quantitative estimate of drug-likeness (QED) is 0.647. The number of carbonyl (C=O) groups is 1. The molecular formula is C16H32N2O. The van der Waals surface area contributed by atoms with Crippen LogP contribution in [-0.4, -0.2) is 29.1 Å². The van der Waals surface area contributed by atoms with Gasteiger partial charge in [0.05, 0.1) is 12.2 Å². The van der Waals surface area contributed by atoms with Crippen LogP contribution in [0.5, 0.6) is 0 Å². The van der Waals surface area contributed by atoms with Gasteiger partial charge in [-0.05, 0) is 26.2 Å². The maximum Gasteiger partial charge on any atom is 0.241 e. The van der Waals surface area contributed by atoms with Crippen molar-refractivity contribution >= 4 is 5.91 Å². The standard InChI is InChI=1S/C16H32N2O/c1-5-8-9-10-12-13(4)18-15(11-6-2)17-14(7-3)16(18)19/h13-15,17H,5-12H2,1-4H3. The van der Waals surface area contributed by atoms with Gasteiger partial charge in [0.1, 0.15) is 0 Å². The molecule has 1 saturated heterocycles. The molecule has 1 rings (SSSR count). The molecule has 1 N–H and O–H groups in total. The van der Waals surface area contributed by atoms with E-state index in [1.807, 2.05) is 0 Å². The van der Waals surface area contributed by atoms with Gasteiger partial charge in [0.2, 0.25) is 5.91 Å². The molecule has 0 radical (unpaired) electrons. The van der Waals surface area contributed by atoms with Crippen molar-refractivity contribution < 1.29 is 4.79 Å². The highest BCUT2D eigenvalue weighted by molar-refractivity contribution is 5.84. The molecule has 0 spiro atoms. The number of nitrogens with one attached hydrogen (secondary N) is 1. The van der Waals surface area contributed by atoms with Gasteiger partial charge in [-0.3, -0.25) is 10.1 Å². The normalized spacial score (nSPS) is 25.1. The lowest BCUT2D eigenvalue weighted by molar-refractivity contribution is -0.132. The lowest BCUT2D eigenvalue weighted by Crippen LogP contribution is -2.43. The molecule has 0 saturated carbocycles. The van der Waals surface area contributed by atoms with Crippen molar-refractivity contribution in [2.45, 2.75) is 97.3 Å². The van der Waals surface area contributed by atoms with Crippen LogP contribution in [0.4, 0.5) is 0 Å². The maximum absolute atomic E-state index is 12.4. The predicted octanol–water partition coefficient (Wildman–Crippen LogP) is 3.68. The zero-order valence-corrected chi connectivity index (χ0v) is 13.2. The van der Waals surface area contributed by atoms with Crippen molar-refractivity contribution in [3.05, 3.63) is 0 Å². The molecule has 3 heteroatoms. The van der Waals surface area contributed by atoms with Crippen LogP contribution < -0.4 is 5.32 Å². The molecule has 0 aromatic heterocycles. The monoisotopic (exact) mass is 268 g/mol. The molecule has 0 aromatic rings. The minimum absolute atomic E-state index is 0.0506. The van der Waals surface area contributed by atoms with E-state index in [1.165, 1.54) is 25.7 Å². The predicted molar refractivity (Wildman–Crippen MR) is 81.0 cm³/mol. The molecule has 3 atom stereocenters. The summed E-state index contributed by atoms with van der Waals surface area (Å²) in [5.74, 6) is 0.323. The Labute approximate surface area is 119 Å². The van der Waals surface area contributed by atoms with Gasteiger partial charge in [0, 0.05) is 6.04 Å². The highest BCUT2D eigenvalue weighted by Crippen LogP contribution is 2.22. The van der Waals surface area contributed by atoms with Crippen molar-refractivity contribution in [3.63, 3.8) is 0 Å². The number of nitrogens with zero attached hydrogens (tertiary/aromatic N) is 1. The molecule has 0 aliphatic carbocycles. The third kappa shape index (κ3) is 4.48. The molecule has 1 heterocycles. The topological polar surface area (TPSA) is 32.3 Å². The molecule has 0 bridgehead atoms. The van der Waals surface area contributed by atoms with E-state index < -0.39 is 0 Å². The number of hydrogen-bond donors (Lipinski definition) is 1. The molecule has 1 amide bonds. The molecule has 19 heavy (non-hydrogen) atoms. The highest BCUT2D eigenvalue weighted by Gasteiger charge is 2.39. The Balaban J connectivity index is 2.52. The Kier molecular flexibility index (Phi) is 7.44. The molecule has 3 nitrogen and oxygen atoms in total. The summed E-state index contributed by atoms with van der Waals surface area (Å²) >= 11 is 0. The maximum atomic E-state index is 12.4. The lowest BCUT2D eigenvalue weighted by Gasteiger charge is -2.30. The van der Waals surface area contributed by atoms with E-state index >= 15 is 0 Å². The summed E-state index contributed by atoms with van der Waals surface area (Å²) in [6.07, 6.45) is 9.64. The van der Waals surface area contributed by atoms with Crippen molar-refractivity contribution in [1.82, 2.24) is 10.2 Å². The van der Waals surface area contributed by atoms with E-state index in [0.29, 0.717) is 11.9 Å². The Hall–Kier alpha value is -0.570. The summed E-state index contributed by atoms with van der Waals surface area (Å²) in [6.45, 7) is 8.73. The third-order valence-electron chi connectivity index (χ3n) is 4.20. The van der Waals surface area contributed by atoms with Gasteiger partial charge >= 0.3 is 0 Å². The largest absolute Gasteiger partial charge is 0.323 e. The summed E-state index contributed by atoms with van der Waals surface area (Å²) in [5.41, 5.74) is 0. The van der Waals surface area contributed by atoms with Crippen molar-refractivity contribution in [1.29, 1.82) is 0 Å². The molecular weight excluding hydrogens is 236 g/mol. The van der Waals surface area contributed by atoms with Crippen LogP contribution >= 0.6 is 0 Å². The van der Waals surface area contributed by atoms with Gasteiger partial charge in [0.15, 0.2) is 0 Å². The number of hydrogen-bond acceptors (Lipinski definition) is 2. The van der Waals surface area contributed by atoms with E-state index in [0.717, 1.165) is 25.7 Å². The van der Waals surface area contributed by atoms with Crippen LogP contribution in [0.2, 0.25) is 0 Å². The van der Waals surface area contributed by atoms with Crippen molar-refractivity contribution in [2.24, 2.45) is 0 Å². The van der Waals surface area contributed by atoms with Crippen LogP contribution in [0, 0.1) is 0 Å². The molecule has 0 aromatic carbocycles. The molecule has 1 fully saturated rings. The zero-order chi connectivity index (χ0) is 14.3. The Morgan fingerprint density at radius 2 is 1.89 bits per heavy atom.